The van der Waals surface area contributed by atoms with E-state index in [1.807, 2.05) is 30.3 Å². The van der Waals surface area contributed by atoms with E-state index in [0.29, 0.717) is 16.6 Å². The number of furan rings is 1. The van der Waals surface area contributed by atoms with Crippen molar-refractivity contribution in [2.75, 3.05) is 0 Å². The Morgan fingerprint density at radius 2 is 2.11 bits per heavy atom. The van der Waals surface area contributed by atoms with Gasteiger partial charge in [-0.2, -0.15) is 5.26 Å². The number of nitriles is 1. The lowest BCUT2D eigenvalue weighted by atomic mass is 10.1. The Bertz CT molecular complexity index is 772. The van der Waals surface area contributed by atoms with E-state index >= 15 is 0 Å². The second-order valence-corrected chi connectivity index (χ2v) is 4.45. The van der Waals surface area contributed by atoms with Gasteiger partial charge in [-0.15, -0.1) is 0 Å². The monoisotopic (exact) mass is 268 g/mol. The number of nitrogens with one attached hydrogen (secondary N) is 1. The molecule has 3 rings (SSSR count). The Labute approximate surface area is 114 Å². The largest absolute Gasteiger partial charge is 0.445 e. The van der Waals surface area contributed by atoms with Crippen LogP contribution in [0.5, 0.6) is 0 Å². The normalized spacial score (nSPS) is 11.7. The number of rotatable bonds is 2. The maximum absolute atomic E-state index is 9.26. The summed E-state index contributed by atoms with van der Waals surface area (Å²) < 4.78 is 5.24. The van der Waals surface area contributed by atoms with Gasteiger partial charge in [-0.25, -0.2) is 0 Å². The van der Waals surface area contributed by atoms with Crippen LogP contribution in [0.4, 0.5) is 0 Å². The number of hydrogen-bond donors (Lipinski definition) is 1. The number of halogens is 1. The molecule has 1 aromatic carbocycles. The summed E-state index contributed by atoms with van der Waals surface area (Å²) >= 11 is 5.71. The van der Waals surface area contributed by atoms with Crippen LogP contribution in [0.25, 0.3) is 22.6 Å². The van der Waals surface area contributed by atoms with Crippen LogP contribution in [0.3, 0.4) is 0 Å². The number of benzene rings is 1. The first kappa shape index (κ1) is 11.6. The summed E-state index contributed by atoms with van der Waals surface area (Å²) in [5, 5.41) is 10.6. The molecular weight excluding hydrogens is 260 g/mol. The van der Waals surface area contributed by atoms with E-state index in [1.54, 1.807) is 18.2 Å². The molecule has 3 aromatic rings. The van der Waals surface area contributed by atoms with Crippen molar-refractivity contribution >= 4 is 34.2 Å². The molecule has 0 aliphatic heterocycles. The lowest BCUT2D eigenvalue weighted by Gasteiger charge is -1.92. The van der Waals surface area contributed by atoms with Crippen LogP contribution in [0.1, 0.15) is 11.5 Å². The maximum atomic E-state index is 9.26. The third-order valence-electron chi connectivity index (χ3n) is 2.82. The molecule has 2 aromatic heterocycles. The summed E-state index contributed by atoms with van der Waals surface area (Å²) in [6.45, 7) is 0. The number of allylic oxidation sites excluding steroid dienone is 1. The maximum Gasteiger partial charge on any atom is 0.193 e. The van der Waals surface area contributed by atoms with E-state index in [4.69, 9.17) is 16.0 Å². The van der Waals surface area contributed by atoms with Gasteiger partial charge in [0.2, 0.25) is 0 Å². The molecule has 0 aliphatic carbocycles. The van der Waals surface area contributed by atoms with Crippen molar-refractivity contribution in [3.63, 3.8) is 0 Å². The molecule has 0 spiro atoms. The van der Waals surface area contributed by atoms with Gasteiger partial charge in [0.15, 0.2) is 5.22 Å². The smallest absolute Gasteiger partial charge is 0.193 e. The molecule has 0 atom stereocenters. The third kappa shape index (κ3) is 2.26. The second-order valence-electron chi connectivity index (χ2n) is 4.08. The predicted octanol–water partition coefficient (Wildman–Crippen LogP) is 4.48. The molecule has 0 saturated carbocycles. The highest BCUT2D eigenvalue weighted by molar-refractivity contribution is 6.28. The molecule has 19 heavy (non-hydrogen) atoms. The average molecular weight is 269 g/mol. The van der Waals surface area contributed by atoms with E-state index in [1.165, 1.54) is 0 Å². The summed E-state index contributed by atoms with van der Waals surface area (Å²) in [6.07, 6.45) is 1.66. The zero-order chi connectivity index (χ0) is 13.2. The summed E-state index contributed by atoms with van der Waals surface area (Å²) in [4.78, 5) is 3.21. The first-order valence-electron chi connectivity index (χ1n) is 5.71. The first-order valence-corrected chi connectivity index (χ1v) is 6.09. The molecule has 0 bridgehead atoms. The molecule has 0 unspecified atom stereocenters. The number of H-pyrrole nitrogens is 1. The molecule has 1 N–H and O–H groups in total. The van der Waals surface area contributed by atoms with Crippen molar-refractivity contribution in [1.29, 1.82) is 5.26 Å². The number of aromatic nitrogens is 1. The Balaban J connectivity index is 2.07. The lowest BCUT2D eigenvalue weighted by Crippen LogP contribution is -1.80. The minimum Gasteiger partial charge on any atom is -0.445 e. The van der Waals surface area contributed by atoms with Gasteiger partial charge in [0, 0.05) is 17.0 Å². The molecule has 92 valence electrons. The van der Waals surface area contributed by atoms with Gasteiger partial charge in [0.25, 0.3) is 0 Å². The Kier molecular flexibility index (Phi) is 2.86. The Morgan fingerprint density at radius 3 is 2.79 bits per heavy atom. The zero-order valence-electron chi connectivity index (χ0n) is 9.85. The predicted molar refractivity (Wildman–Crippen MR) is 75.5 cm³/mol. The van der Waals surface area contributed by atoms with Crippen LogP contribution in [0, 0.1) is 11.3 Å². The van der Waals surface area contributed by atoms with E-state index in [-0.39, 0.29) is 0 Å². The molecule has 4 heteroatoms. The van der Waals surface area contributed by atoms with Crippen LogP contribution in [0.15, 0.2) is 46.9 Å². The van der Waals surface area contributed by atoms with Gasteiger partial charge in [-0.1, -0.05) is 18.2 Å². The van der Waals surface area contributed by atoms with Crippen molar-refractivity contribution in [2.45, 2.75) is 0 Å². The van der Waals surface area contributed by atoms with Crippen LogP contribution in [-0.4, -0.2) is 4.98 Å². The van der Waals surface area contributed by atoms with E-state index in [9.17, 15) is 5.26 Å². The number of fused-ring (bicyclic) bond motifs is 1. The lowest BCUT2D eigenvalue weighted by molar-refractivity contribution is 0.559. The number of hydrogen-bond acceptors (Lipinski definition) is 2. The molecule has 0 amide bonds. The fraction of sp³-hybridized carbons (Fsp3) is 0. The number of nitrogens with zero attached hydrogens (tertiary/aromatic N) is 1. The molecule has 0 saturated heterocycles. The fourth-order valence-corrected chi connectivity index (χ4v) is 2.09. The molecule has 0 radical (unpaired) electrons. The fourth-order valence-electron chi connectivity index (χ4n) is 1.94. The molecular formula is C15H9ClN2O. The van der Waals surface area contributed by atoms with E-state index in [2.05, 4.69) is 11.1 Å². The molecule has 0 aliphatic rings. The first-order chi connectivity index (χ1) is 9.26. The topological polar surface area (TPSA) is 52.7 Å². The highest BCUT2D eigenvalue weighted by atomic mass is 35.5. The van der Waals surface area contributed by atoms with Crippen molar-refractivity contribution in [3.05, 3.63) is 59.1 Å². The summed E-state index contributed by atoms with van der Waals surface area (Å²) in [6, 6.07) is 15.3. The quantitative estimate of drug-likeness (QED) is 0.697. The SMILES string of the molecule is N#C/C(=C\c1ccc(Cl)o1)c1cc2ccccc2[nH]1. The highest BCUT2D eigenvalue weighted by Gasteiger charge is 2.07. The van der Waals surface area contributed by atoms with Gasteiger partial charge in [0.1, 0.15) is 11.8 Å². The van der Waals surface area contributed by atoms with Gasteiger partial charge in [-0.05, 0) is 35.9 Å². The van der Waals surface area contributed by atoms with Gasteiger partial charge in [-0.3, -0.25) is 0 Å². The Hall–Kier alpha value is -2.44. The average Bonchev–Trinajstić information content (AvgIpc) is 3.01. The number of para-hydroxylation sites is 1. The van der Waals surface area contributed by atoms with Crippen LogP contribution >= 0.6 is 11.6 Å². The van der Waals surface area contributed by atoms with Crippen LogP contribution in [0.2, 0.25) is 5.22 Å². The molecule has 0 fully saturated rings. The number of aromatic amines is 1. The summed E-state index contributed by atoms with van der Waals surface area (Å²) in [5.74, 6) is 0.556. The van der Waals surface area contributed by atoms with Crippen molar-refractivity contribution in [2.24, 2.45) is 0 Å². The van der Waals surface area contributed by atoms with E-state index in [0.717, 1.165) is 16.6 Å². The summed E-state index contributed by atoms with van der Waals surface area (Å²) in [5.41, 5.74) is 2.26. The third-order valence-corrected chi connectivity index (χ3v) is 3.02. The minimum atomic E-state index is 0.306. The zero-order valence-corrected chi connectivity index (χ0v) is 10.6. The van der Waals surface area contributed by atoms with Crippen LogP contribution < -0.4 is 0 Å². The standard InChI is InChI=1S/C15H9ClN2O/c16-15-6-5-12(19-15)7-11(9-17)14-8-10-3-1-2-4-13(10)18-14/h1-8,18H/b11-7+. The second kappa shape index (κ2) is 4.68. The van der Waals surface area contributed by atoms with Gasteiger partial charge < -0.3 is 9.40 Å². The van der Waals surface area contributed by atoms with Crippen molar-refractivity contribution in [1.82, 2.24) is 4.98 Å². The minimum absolute atomic E-state index is 0.306. The van der Waals surface area contributed by atoms with Gasteiger partial charge >= 0.3 is 0 Å². The van der Waals surface area contributed by atoms with E-state index < -0.39 is 0 Å². The van der Waals surface area contributed by atoms with Crippen molar-refractivity contribution in [3.8, 4) is 6.07 Å². The van der Waals surface area contributed by atoms with Crippen molar-refractivity contribution < 1.29 is 4.42 Å². The highest BCUT2D eigenvalue weighted by Crippen LogP contribution is 2.23. The Morgan fingerprint density at radius 1 is 1.26 bits per heavy atom. The van der Waals surface area contributed by atoms with Gasteiger partial charge in [0.05, 0.1) is 11.3 Å². The summed E-state index contributed by atoms with van der Waals surface area (Å²) in [7, 11) is 0. The molecule has 3 nitrogen and oxygen atoms in total. The van der Waals surface area contributed by atoms with Crippen LogP contribution in [-0.2, 0) is 0 Å². The molecule has 2 heterocycles.